The fourth-order valence-electron chi connectivity index (χ4n) is 0.788. The number of hydrogen-bond acceptors (Lipinski definition) is 2. The lowest BCUT2D eigenvalue weighted by Gasteiger charge is -2.01. The van der Waals surface area contributed by atoms with E-state index in [9.17, 15) is 9.18 Å². The second-order valence-corrected chi connectivity index (χ2v) is 2.14. The summed E-state index contributed by atoms with van der Waals surface area (Å²) in [5, 5.41) is 0. The van der Waals surface area contributed by atoms with Crippen LogP contribution < -0.4 is 10.3 Å². The van der Waals surface area contributed by atoms with Crippen molar-refractivity contribution in [3.05, 3.63) is 28.4 Å². The summed E-state index contributed by atoms with van der Waals surface area (Å²) in [6.07, 6.45) is 1.10. The first-order valence-electron chi connectivity index (χ1n) is 3.05. The number of hydrogen-bond donors (Lipinski definition) is 0. The first-order valence-corrected chi connectivity index (χ1v) is 3.05. The third-order valence-electron chi connectivity index (χ3n) is 1.34. The Morgan fingerprint density at radius 2 is 2.27 bits per heavy atom. The third kappa shape index (κ3) is 1.39. The van der Waals surface area contributed by atoms with Crippen LogP contribution in [0.4, 0.5) is 4.39 Å². The highest BCUT2D eigenvalue weighted by molar-refractivity contribution is 5.17. The molecule has 11 heavy (non-hydrogen) atoms. The summed E-state index contributed by atoms with van der Waals surface area (Å²) in [4.78, 5) is 11.0. The minimum atomic E-state index is -0.482. The summed E-state index contributed by atoms with van der Waals surface area (Å²) < 4.78 is 18.3. The number of methoxy groups -OCH3 is 1. The van der Waals surface area contributed by atoms with Crippen LogP contribution in [-0.2, 0) is 7.05 Å². The maximum absolute atomic E-state index is 12.6. The number of rotatable bonds is 1. The molecule has 1 rings (SSSR count). The molecule has 0 aromatic carbocycles. The van der Waals surface area contributed by atoms with E-state index in [1.165, 1.54) is 14.2 Å². The Kier molecular flexibility index (Phi) is 1.94. The minimum absolute atomic E-state index is 0.0208. The molecule has 0 aliphatic heterocycles. The van der Waals surface area contributed by atoms with Crippen molar-refractivity contribution in [2.45, 2.75) is 0 Å². The lowest BCUT2D eigenvalue weighted by molar-refractivity contribution is 0.399. The monoisotopic (exact) mass is 157 g/mol. The lowest BCUT2D eigenvalue weighted by Crippen LogP contribution is -2.18. The normalized spacial score (nSPS) is 9.73. The zero-order chi connectivity index (χ0) is 8.43. The standard InChI is InChI=1S/C7H8FNO2/c1-9-4-5(8)3-6(11-2)7(9)10/h3-4H,1-2H3. The Balaban J connectivity index is 3.37. The SMILES string of the molecule is COc1cc(F)cn(C)c1=O. The fourth-order valence-corrected chi connectivity index (χ4v) is 0.788. The number of halogens is 1. The van der Waals surface area contributed by atoms with Crippen LogP contribution in [0.5, 0.6) is 5.75 Å². The molecule has 60 valence electrons. The lowest BCUT2D eigenvalue weighted by atomic mass is 10.4. The Hall–Kier alpha value is -1.32. The minimum Gasteiger partial charge on any atom is -0.491 e. The quantitative estimate of drug-likeness (QED) is 0.595. The highest BCUT2D eigenvalue weighted by Crippen LogP contribution is 2.03. The van der Waals surface area contributed by atoms with Gasteiger partial charge in [-0.05, 0) is 0 Å². The Bertz CT molecular complexity index is 319. The largest absolute Gasteiger partial charge is 0.491 e. The van der Waals surface area contributed by atoms with Gasteiger partial charge in [0.15, 0.2) is 5.75 Å². The van der Waals surface area contributed by atoms with E-state index in [2.05, 4.69) is 4.74 Å². The van der Waals surface area contributed by atoms with Gasteiger partial charge in [-0.1, -0.05) is 0 Å². The van der Waals surface area contributed by atoms with Gasteiger partial charge in [0.2, 0.25) is 0 Å². The highest BCUT2D eigenvalue weighted by atomic mass is 19.1. The van der Waals surface area contributed by atoms with E-state index in [0.29, 0.717) is 0 Å². The van der Waals surface area contributed by atoms with Gasteiger partial charge >= 0.3 is 0 Å². The molecule has 0 bridgehead atoms. The first-order chi connectivity index (χ1) is 5.15. The van der Waals surface area contributed by atoms with Gasteiger partial charge in [-0.15, -0.1) is 0 Å². The molecule has 0 radical (unpaired) electrons. The molecule has 0 atom stereocenters. The molecular weight excluding hydrogens is 149 g/mol. The van der Waals surface area contributed by atoms with Gasteiger partial charge in [0.25, 0.3) is 5.56 Å². The number of aryl methyl sites for hydroxylation is 1. The number of pyridine rings is 1. The van der Waals surface area contributed by atoms with E-state index >= 15 is 0 Å². The predicted octanol–water partition coefficient (Wildman–Crippen LogP) is 0.533. The van der Waals surface area contributed by atoms with Crippen LogP contribution in [-0.4, -0.2) is 11.7 Å². The van der Waals surface area contributed by atoms with Crippen LogP contribution in [0.3, 0.4) is 0 Å². The van der Waals surface area contributed by atoms with E-state index in [1.54, 1.807) is 0 Å². The summed E-state index contributed by atoms with van der Waals surface area (Å²) in [5.74, 6) is -0.462. The maximum atomic E-state index is 12.6. The molecule has 4 heteroatoms. The number of nitrogens with zero attached hydrogens (tertiary/aromatic N) is 1. The zero-order valence-electron chi connectivity index (χ0n) is 6.30. The maximum Gasteiger partial charge on any atom is 0.292 e. The molecular formula is C7H8FNO2. The van der Waals surface area contributed by atoms with E-state index in [1.807, 2.05) is 0 Å². The summed E-state index contributed by atoms with van der Waals surface area (Å²) in [7, 11) is 2.80. The van der Waals surface area contributed by atoms with E-state index in [4.69, 9.17) is 0 Å². The fraction of sp³-hybridized carbons (Fsp3) is 0.286. The van der Waals surface area contributed by atoms with Crippen LogP contribution in [0.2, 0.25) is 0 Å². The van der Waals surface area contributed by atoms with E-state index in [-0.39, 0.29) is 11.3 Å². The van der Waals surface area contributed by atoms with Crippen molar-refractivity contribution in [3.8, 4) is 5.75 Å². The van der Waals surface area contributed by atoms with Crippen molar-refractivity contribution in [2.75, 3.05) is 7.11 Å². The van der Waals surface area contributed by atoms with Crippen molar-refractivity contribution in [2.24, 2.45) is 7.05 Å². The van der Waals surface area contributed by atoms with Crippen LogP contribution in [0.25, 0.3) is 0 Å². The van der Waals surface area contributed by atoms with E-state index in [0.717, 1.165) is 16.8 Å². The summed E-state index contributed by atoms with van der Waals surface area (Å²) in [6.45, 7) is 0. The summed E-state index contributed by atoms with van der Waals surface area (Å²) >= 11 is 0. The van der Waals surface area contributed by atoms with Gasteiger partial charge in [-0.2, -0.15) is 0 Å². The molecule has 1 aromatic heterocycles. The smallest absolute Gasteiger partial charge is 0.292 e. The topological polar surface area (TPSA) is 31.2 Å². The Morgan fingerprint density at radius 1 is 1.64 bits per heavy atom. The second kappa shape index (κ2) is 2.74. The molecule has 0 saturated carbocycles. The highest BCUT2D eigenvalue weighted by Gasteiger charge is 2.02. The van der Waals surface area contributed by atoms with Crippen LogP contribution in [0.15, 0.2) is 17.1 Å². The van der Waals surface area contributed by atoms with Gasteiger partial charge in [0.1, 0.15) is 5.82 Å². The van der Waals surface area contributed by atoms with Crippen molar-refractivity contribution in [1.82, 2.24) is 4.57 Å². The Labute approximate surface area is 63.0 Å². The molecule has 0 fully saturated rings. The molecule has 0 spiro atoms. The molecule has 0 saturated heterocycles. The van der Waals surface area contributed by atoms with Crippen molar-refractivity contribution >= 4 is 0 Å². The summed E-state index contributed by atoms with van der Waals surface area (Å²) in [5.41, 5.74) is -0.339. The second-order valence-electron chi connectivity index (χ2n) is 2.14. The van der Waals surface area contributed by atoms with Gasteiger partial charge < -0.3 is 9.30 Å². The van der Waals surface area contributed by atoms with Crippen molar-refractivity contribution in [3.63, 3.8) is 0 Å². The molecule has 0 unspecified atom stereocenters. The average Bonchev–Trinajstić information content (AvgIpc) is 1.96. The molecule has 0 aliphatic carbocycles. The van der Waals surface area contributed by atoms with Gasteiger partial charge in [-0.3, -0.25) is 4.79 Å². The molecule has 0 amide bonds. The van der Waals surface area contributed by atoms with Gasteiger partial charge in [0, 0.05) is 19.3 Å². The third-order valence-corrected chi connectivity index (χ3v) is 1.34. The predicted molar refractivity (Wildman–Crippen MR) is 38.2 cm³/mol. The molecule has 3 nitrogen and oxygen atoms in total. The van der Waals surface area contributed by atoms with Crippen LogP contribution in [0, 0.1) is 5.82 Å². The van der Waals surface area contributed by atoms with Crippen LogP contribution in [0.1, 0.15) is 0 Å². The van der Waals surface area contributed by atoms with Crippen molar-refractivity contribution < 1.29 is 9.13 Å². The first kappa shape index (κ1) is 7.78. The number of ether oxygens (including phenoxy) is 1. The van der Waals surface area contributed by atoms with Gasteiger partial charge in [0.05, 0.1) is 7.11 Å². The Morgan fingerprint density at radius 3 is 2.82 bits per heavy atom. The zero-order valence-corrected chi connectivity index (χ0v) is 6.30. The van der Waals surface area contributed by atoms with Crippen molar-refractivity contribution in [1.29, 1.82) is 0 Å². The number of aromatic nitrogens is 1. The van der Waals surface area contributed by atoms with Gasteiger partial charge in [-0.25, -0.2) is 4.39 Å². The molecule has 0 aliphatic rings. The molecule has 1 heterocycles. The van der Waals surface area contributed by atoms with E-state index < -0.39 is 5.82 Å². The molecule has 0 N–H and O–H groups in total. The molecule has 1 aromatic rings. The summed E-state index contributed by atoms with van der Waals surface area (Å²) in [6, 6.07) is 1.06. The average molecular weight is 157 g/mol. The van der Waals surface area contributed by atoms with Crippen LogP contribution >= 0.6 is 0 Å².